The lowest BCUT2D eigenvalue weighted by atomic mass is 10.0. The minimum absolute atomic E-state index is 0.0775. The lowest BCUT2D eigenvalue weighted by Crippen LogP contribution is -2.49. The van der Waals surface area contributed by atoms with E-state index in [-0.39, 0.29) is 11.9 Å². The van der Waals surface area contributed by atoms with Gasteiger partial charge in [-0.05, 0) is 54.0 Å². The molecule has 1 aliphatic rings. The molecule has 0 aromatic heterocycles. The van der Waals surface area contributed by atoms with Crippen molar-refractivity contribution >= 4 is 39.1 Å². The summed E-state index contributed by atoms with van der Waals surface area (Å²) >= 11 is 9.36. The third kappa shape index (κ3) is 2.64. The van der Waals surface area contributed by atoms with Gasteiger partial charge in [-0.1, -0.05) is 11.6 Å². The van der Waals surface area contributed by atoms with Crippen LogP contribution in [0.1, 0.15) is 12.8 Å². The Kier molecular flexibility index (Phi) is 4.07. The van der Waals surface area contributed by atoms with Crippen molar-refractivity contribution in [3.05, 3.63) is 27.7 Å². The van der Waals surface area contributed by atoms with Crippen molar-refractivity contribution in [2.75, 3.05) is 18.5 Å². The molecule has 0 spiro atoms. The van der Waals surface area contributed by atoms with E-state index in [9.17, 15) is 4.79 Å². The van der Waals surface area contributed by atoms with Crippen molar-refractivity contribution in [2.24, 2.45) is 0 Å². The minimum atomic E-state index is -0.0775. The smallest absolute Gasteiger partial charge is 0.244 e. The van der Waals surface area contributed by atoms with Crippen LogP contribution >= 0.6 is 27.5 Å². The molecule has 0 saturated carbocycles. The zero-order valence-electron chi connectivity index (χ0n) is 9.54. The summed E-state index contributed by atoms with van der Waals surface area (Å²) in [4.78, 5) is 14.0. The molecule has 1 N–H and O–H groups in total. The Morgan fingerprint density at radius 2 is 2.29 bits per heavy atom. The zero-order chi connectivity index (χ0) is 12.4. The van der Waals surface area contributed by atoms with Crippen LogP contribution in [0.3, 0.4) is 0 Å². The first-order chi connectivity index (χ1) is 8.13. The van der Waals surface area contributed by atoms with Crippen molar-refractivity contribution < 1.29 is 4.79 Å². The van der Waals surface area contributed by atoms with E-state index in [1.54, 1.807) is 6.07 Å². The van der Waals surface area contributed by atoms with Gasteiger partial charge in [0.2, 0.25) is 5.91 Å². The fourth-order valence-electron chi connectivity index (χ4n) is 2.08. The lowest BCUT2D eigenvalue weighted by molar-refractivity contribution is -0.121. The molecular weight excluding hydrogens is 304 g/mol. The molecule has 3 nitrogen and oxygen atoms in total. The van der Waals surface area contributed by atoms with Gasteiger partial charge in [0, 0.05) is 16.0 Å². The number of rotatable bonds is 2. The monoisotopic (exact) mass is 316 g/mol. The average Bonchev–Trinajstić information content (AvgIpc) is 2.30. The maximum Gasteiger partial charge on any atom is 0.244 e. The second-order valence-corrected chi connectivity index (χ2v) is 5.36. The van der Waals surface area contributed by atoms with Crippen LogP contribution < -0.4 is 10.2 Å². The molecule has 1 aromatic rings. The van der Waals surface area contributed by atoms with E-state index in [0.717, 1.165) is 29.5 Å². The van der Waals surface area contributed by atoms with Crippen LogP contribution in [-0.4, -0.2) is 25.5 Å². The Morgan fingerprint density at radius 3 is 2.94 bits per heavy atom. The quantitative estimate of drug-likeness (QED) is 0.910. The van der Waals surface area contributed by atoms with Crippen LogP contribution in [-0.2, 0) is 4.79 Å². The fraction of sp³-hybridized carbons (Fsp3) is 0.417. The van der Waals surface area contributed by atoms with Crippen molar-refractivity contribution in [1.82, 2.24) is 5.32 Å². The number of carbonyl (C=O) groups is 1. The predicted molar refractivity (Wildman–Crippen MR) is 73.6 cm³/mol. The van der Waals surface area contributed by atoms with Gasteiger partial charge in [-0.25, -0.2) is 0 Å². The molecule has 1 atom stereocenters. The highest BCUT2D eigenvalue weighted by molar-refractivity contribution is 9.10. The summed E-state index contributed by atoms with van der Waals surface area (Å²) in [5.74, 6) is 0.127. The molecule has 1 aliphatic heterocycles. The van der Waals surface area contributed by atoms with Crippen LogP contribution in [0.2, 0.25) is 5.02 Å². The highest BCUT2D eigenvalue weighted by Gasteiger charge is 2.29. The Hall–Kier alpha value is -0.580. The van der Waals surface area contributed by atoms with Crippen molar-refractivity contribution in [3.63, 3.8) is 0 Å². The lowest BCUT2D eigenvalue weighted by Gasteiger charge is -2.32. The maximum absolute atomic E-state index is 12.2. The molecule has 1 fully saturated rings. The fourth-order valence-corrected chi connectivity index (χ4v) is 2.98. The van der Waals surface area contributed by atoms with Crippen LogP contribution in [0, 0.1) is 0 Å². The molecule has 92 valence electrons. The largest absolute Gasteiger partial charge is 0.310 e. The Labute approximate surface area is 114 Å². The number of likely N-dealkylation sites (N-methyl/N-ethyl adjacent to an activating group) is 1. The summed E-state index contributed by atoms with van der Waals surface area (Å²) < 4.78 is 0.857. The van der Waals surface area contributed by atoms with Gasteiger partial charge in [0.05, 0.1) is 11.7 Å². The summed E-state index contributed by atoms with van der Waals surface area (Å²) in [7, 11) is 1.82. The second-order valence-electron chi connectivity index (χ2n) is 4.07. The van der Waals surface area contributed by atoms with Crippen molar-refractivity contribution in [2.45, 2.75) is 18.9 Å². The molecule has 2 rings (SSSR count). The van der Waals surface area contributed by atoms with Crippen LogP contribution in [0.15, 0.2) is 22.7 Å². The Balaban J connectivity index is 2.29. The highest BCUT2D eigenvalue weighted by atomic mass is 79.9. The van der Waals surface area contributed by atoms with Crippen LogP contribution in [0.5, 0.6) is 0 Å². The number of halogens is 2. The van der Waals surface area contributed by atoms with Gasteiger partial charge in [0.1, 0.15) is 0 Å². The molecule has 0 radical (unpaired) electrons. The molecule has 5 heteroatoms. The number of piperidine rings is 1. The normalized spacial score (nSPS) is 20.8. The molecule has 0 bridgehead atoms. The van der Waals surface area contributed by atoms with Gasteiger partial charge in [0.15, 0.2) is 0 Å². The van der Waals surface area contributed by atoms with E-state index < -0.39 is 0 Å². The van der Waals surface area contributed by atoms with E-state index in [1.807, 2.05) is 24.1 Å². The molecule has 1 aromatic carbocycles. The van der Waals surface area contributed by atoms with Gasteiger partial charge in [0.25, 0.3) is 0 Å². The SMILES string of the molecule is CNC1CCCN(c2ccc(Cl)cc2Br)C1=O. The number of nitrogens with zero attached hydrogens (tertiary/aromatic N) is 1. The Bertz CT molecular complexity index is 439. The first-order valence-corrected chi connectivity index (χ1v) is 6.74. The topological polar surface area (TPSA) is 32.3 Å². The molecule has 17 heavy (non-hydrogen) atoms. The van der Waals surface area contributed by atoms with E-state index >= 15 is 0 Å². The van der Waals surface area contributed by atoms with Crippen molar-refractivity contribution in [3.8, 4) is 0 Å². The van der Waals surface area contributed by atoms with E-state index in [0.29, 0.717) is 5.02 Å². The summed E-state index contributed by atoms with van der Waals surface area (Å²) in [6.07, 6.45) is 1.91. The molecule has 1 heterocycles. The zero-order valence-corrected chi connectivity index (χ0v) is 11.9. The predicted octanol–water partition coefficient (Wildman–Crippen LogP) is 2.82. The number of hydrogen-bond donors (Lipinski definition) is 1. The molecule has 1 amide bonds. The summed E-state index contributed by atoms with van der Waals surface area (Å²) in [5.41, 5.74) is 0.888. The van der Waals surface area contributed by atoms with Gasteiger partial charge in [-0.2, -0.15) is 0 Å². The third-order valence-corrected chi connectivity index (χ3v) is 3.86. The van der Waals surface area contributed by atoms with Gasteiger partial charge in [-0.15, -0.1) is 0 Å². The maximum atomic E-state index is 12.2. The standard InChI is InChI=1S/C12H14BrClN2O/c1-15-10-3-2-6-16(12(10)17)11-5-4-8(14)7-9(11)13/h4-5,7,10,15H,2-3,6H2,1H3. The number of hydrogen-bond acceptors (Lipinski definition) is 2. The van der Waals surface area contributed by atoms with Crippen LogP contribution in [0.4, 0.5) is 5.69 Å². The van der Waals surface area contributed by atoms with Crippen molar-refractivity contribution in [1.29, 1.82) is 0 Å². The summed E-state index contributed by atoms with van der Waals surface area (Å²) in [6, 6.07) is 5.42. The van der Waals surface area contributed by atoms with Gasteiger partial charge >= 0.3 is 0 Å². The Morgan fingerprint density at radius 1 is 1.53 bits per heavy atom. The number of nitrogens with one attached hydrogen (secondary N) is 1. The number of carbonyl (C=O) groups excluding carboxylic acids is 1. The third-order valence-electron chi connectivity index (χ3n) is 2.99. The number of benzene rings is 1. The van der Waals surface area contributed by atoms with Gasteiger partial charge < -0.3 is 10.2 Å². The van der Waals surface area contributed by atoms with E-state index in [1.165, 1.54) is 0 Å². The minimum Gasteiger partial charge on any atom is -0.310 e. The number of anilines is 1. The molecule has 1 unspecified atom stereocenters. The highest BCUT2D eigenvalue weighted by Crippen LogP contribution is 2.31. The summed E-state index contributed by atoms with van der Waals surface area (Å²) in [5, 5.41) is 3.71. The second kappa shape index (κ2) is 5.38. The van der Waals surface area contributed by atoms with Crippen LogP contribution in [0.25, 0.3) is 0 Å². The van der Waals surface area contributed by atoms with E-state index in [4.69, 9.17) is 11.6 Å². The van der Waals surface area contributed by atoms with E-state index in [2.05, 4.69) is 21.2 Å². The molecule has 1 saturated heterocycles. The molecule has 0 aliphatic carbocycles. The average molecular weight is 318 g/mol. The van der Waals surface area contributed by atoms with Gasteiger partial charge in [-0.3, -0.25) is 4.79 Å². The molecular formula is C12H14BrClN2O. The first-order valence-electron chi connectivity index (χ1n) is 5.57. The summed E-state index contributed by atoms with van der Waals surface area (Å²) in [6.45, 7) is 0.761. The number of amides is 1. The first kappa shape index (κ1) is 12.9.